The lowest BCUT2D eigenvalue weighted by Crippen LogP contribution is -2.58. The molecule has 9 heteroatoms. The second-order valence-electron chi connectivity index (χ2n) is 14.0. The summed E-state index contributed by atoms with van der Waals surface area (Å²) in [6.45, 7) is 18.7. The average molecular weight is 585 g/mol. The fourth-order valence-corrected chi connectivity index (χ4v) is 6.43. The fourth-order valence-electron chi connectivity index (χ4n) is 6.43. The molecular weight excluding hydrogens is 532 g/mol. The Kier molecular flexibility index (Phi) is 11.3. The minimum atomic E-state index is -0.381. The molecule has 2 aromatic rings. The first kappa shape index (κ1) is 34.1. The van der Waals surface area contributed by atoms with Gasteiger partial charge >= 0.3 is 5.97 Å². The number of aromatic nitrogens is 2. The number of rotatable bonds is 8. The first-order valence-electron chi connectivity index (χ1n) is 15.0. The molecule has 234 valence electrons. The average Bonchev–Trinajstić information content (AvgIpc) is 2.91. The van der Waals surface area contributed by atoms with Crippen LogP contribution in [0.5, 0.6) is 0 Å². The molecule has 0 radical (unpaired) electrons. The van der Waals surface area contributed by atoms with Gasteiger partial charge in [0.15, 0.2) is 0 Å². The summed E-state index contributed by atoms with van der Waals surface area (Å²) in [5.74, 6) is -0.381. The number of piperidine rings is 2. The van der Waals surface area contributed by atoms with Crippen LogP contribution in [-0.2, 0) is 34.2 Å². The highest BCUT2D eigenvalue weighted by atomic mass is 16.7. The topological polar surface area (TPSA) is 97.3 Å². The van der Waals surface area contributed by atoms with Crippen molar-refractivity contribution in [3.8, 4) is 0 Å². The third-order valence-electron chi connectivity index (χ3n) is 8.32. The molecular formula is C33H52N4O5. The van der Waals surface area contributed by atoms with E-state index in [2.05, 4.69) is 75.5 Å². The van der Waals surface area contributed by atoms with Crippen LogP contribution in [0.1, 0.15) is 121 Å². The number of hydrogen-bond acceptors (Lipinski definition) is 9. The summed E-state index contributed by atoms with van der Waals surface area (Å²) in [7, 11) is 1.37. The summed E-state index contributed by atoms with van der Waals surface area (Å²) >= 11 is 0. The first-order chi connectivity index (χ1) is 19.6. The van der Waals surface area contributed by atoms with Gasteiger partial charge in [0.1, 0.15) is 0 Å². The Morgan fingerprint density at radius 2 is 1.12 bits per heavy atom. The lowest BCUT2D eigenvalue weighted by Gasteiger charge is -2.51. The number of hydrogen-bond donors (Lipinski definition) is 1. The van der Waals surface area contributed by atoms with Crippen LogP contribution in [0.15, 0.2) is 36.9 Å². The van der Waals surface area contributed by atoms with Crippen molar-refractivity contribution in [2.45, 2.75) is 136 Å². The SMILES string of the molecule is CC1(C)CCCC(C)(C)N1OCc1cncc(CO)c1.COC(=O)c1cncc(CON2C(C)(C)CCCC2(C)C)c1. The van der Waals surface area contributed by atoms with Gasteiger partial charge in [-0.15, -0.1) is 0 Å². The maximum absolute atomic E-state index is 11.6. The van der Waals surface area contributed by atoms with Gasteiger partial charge in [-0.3, -0.25) is 19.6 Å². The van der Waals surface area contributed by atoms with Crippen molar-refractivity contribution in [3.63, 3.8) is 0 Å². The lowest BCUT2D eigenvalue weighted by molar-refractivity contribution is -0.288. The second-order valence-corrected chi connectivity index (χ2v) is 14.0. The quantitative estimate of drug-likeness (QED) is 0.354. The Balaban J connectivity index is 0.000000231. The molecule has 0 unspecified atom stereocenters. The highest BCUT2D eigenvalue weighted by molar-refractivity contribution is 5.89. The monoisotopic (exact) mass is 584 g/mol. The number of methoxy groups -OCH3 is 1. The van der Waals surface area contributed by atoms with Crippen LogP contribution >= 0.6 is 0 Å². The van der Waals surface area contributed by atoms with Crippen molar-refractivity contribution in [1.82, 2.24) is 20.1 Å². The van der Waals surface area contributed by atoms with Crippen LogP contribution < -0.4 is 0 Å². The van der Waals surface area contributed by atoms with E-state index in [0.717, 1.165) is 42.4 Å². The van der Waals surface area contributed by atoms with Crippen LogP contribution in [-0.4, -0.2) is 60.4 Å². The van der Waals surface area contributed by atoms with Crippen LogP contribution in [0.3, 0.4) is 0 Å². The van der Waals surface area contributed by atoms with Crippen LogP contribution in [0.4, 0.5) is 0 Å². The van der Waals surface area contributed by atoms with E-state index in [1.54, 1.807) is 24.7 Å². The van der Waals surface area contributed by atoms with Crippen molar-refractivity contribution in [3.05, 3.63) is 59.2 Å². The standard InChI is InChI=1S/C17H26N2O3.C16H26N2O2/c1-16(2)7-6-8-17(3,4)19(16)22-12-13-9-14(11-18-10-13)15(20)21-5;1-15(2)6-5-7-16(3,4)18(15)20-12-14-8-13(11-19)9-17-10-14/h9-11H,6-8,12H2,1-5H3;8-10,19H,5-7,11-12H2,1-4H3. The van der Waals surface area contributed by atoms with E-state index >= 15 is 0 Å². The molecule has 0 atom stereocenters. The van der Waals surface area contributed by atoms with E-state index in [1.807, 2.05) is 6.07 Å². The van der Waals surface area contributed by atoms with Crippen molar-refractivity contribution >= 4 is 5.97 Å². The Morgan fingerprint density at radius 3 is 1.55 bits per heavy atom. The molecule has 0 bridgehead atoms. The van der Waals surface area contributed by atoms with Gasteiger partial charge < -0.3 is 9.84 Å². The molecule has 2 saturated heterocycles. The smallest absolute Gasteiger partial charge is 0.339 e. The Labute approximate surface area is 252 Å². The summed E-state index contributed by atoms with van der Waals surface area (Å²) in [6.07, 6.45) is 13.6. The van der Waals surface area contributed by atoms with Crippen LogP contribution in [0.25, 0.3) is 0 Å². The van der Waals surface area contributed by atoms with Crippen molar-refractivity contribution in [1.29, 1.82) is 0 Å². The third-order valence-corrected chi connectivity index (χ3v) is 8.32. The minimum absolute atomic E-state index is 0.00482. The highest BCUT2D eigenvalue weighted by Gasteiger charge is 2.43. The Morgan fingerprint density at radius 1 is 0.714 bits per heavy atom. The van der Waals surface area contributed by atoms with E-state index in [-0.39, 0.29) is 34.7 Å². The largest absolute Gasteiger partial charge is 0.465 e. The molecule has 2 fully saturated rings. The summed E-state index contributed by atoms with van der Waals surface area (Å²) in [4.78, 5) is 32.0. The van der Waals surface area contributed by atoms with Gasteiger partial charge in [-0.2, -0.15) is 10.1 Å². The highest BCUT2D eigenvalue weighted by Crippen LogP contribution is 2.39. The molecule has 1 N–H and O–H groups in total. The second kappa shape index (κ2) is 13.9. The molecule has 0 aromatic carbocycles. The number of pyridine rings is 2. The van der Waals surface area contributed by atoms with Crippen molar-refractivity contribution < 1.29 is 24.3 Å². The van der Waals surface area contributed by atoms with Gasteiger partial charge in [0.2, 0.25) is 0 Å². The summed E-state index contributed by atoms with van der Waals surface area (Å²) in [5, 5.41) is 13.4. The summed E-state index contributed by atoms with van der Waals surface area (Å²) < 4.78 is 4.72. The van der Waals surface area contributed by atoms with E-state index in [1.165, 1.54) is 26.1 Å². The maximum Gasteiger partial charge on any atom is 0.339 e. The summed E-state index contributed by atoms with van der Waals surface area (Å²) in [6, 6.07) is 3.71. The molecule has 0 saturated carbocycles. The van der Waals surface area contributed by atoms with Crippen LogP contribution in [0.2, 0.25) is 0 Å². The van der Waals surface area contributed by atoms with E-state index < -0.39 is 0 Å². The fraction of sp³-hybridized carbons (Fsp3) is 0.667. The normalized spacial score (nSPS) is 21.2. The number of esters is 1. The molecule has 0 spiro atoms. The molecule has 2 aliphatic rings. The van der Waals surface area contributed by atoms with Gasteiger partial charge in [-0.25, -0.2) is 4.79 Å². The van der Waals surface area contributed by atoms with Crippen molar-refractivity contribution in [2.24, 2.45) is 0 Å². The zero-order valence-corrected chi connectivity index (χ0v) is 27.2. The van der Waals surface area contributed by atoms with Gasteiger partial charge in [0.05, 0.1) is 32.5 Å². The van der Waals surface area contributed by atoms with E-state index in [4.69, 9.17) is 19.5 Å². The van der Waals surface area contributed by atoms with Crippen molar-refractivity contribution in [2.75, 3.05) is 7.11 Å². The molecule has 4 heterocycles. The summed E-state index contributed by atoms with van der Waals surface area (Å²) in [5.41, 5.74) is 3.20. The number of nitrogens with zero attached hydrogens (tertiary/aromatic N) is 4. The van der Waals surface area contributed by atoms with Gasteiger partial charge in [-0.05, 0) is 123 Å². The zero-order valence-electron chi connectivity index (χ0n) is 27.2. The molecule has 42 heavy (non-hydrogen) atoms. The molecule has 2 aromatic heterocycles. The number of aliphatic hydroxyl groups excluding tert-OH is 1. The minimum Gasteiger partial charge on any atom is -0.465 e. The number of aliphatic hydroxyl groups is 1. The number of carbonyl (C=O) groups excluding carboxylic acids is 1. The van der Waals surface area contributed by atoms with E-state index in [0.29, 0.717) is 18.8 Å². The van der Waals surface area contributed by atoms with Gasteiger partial charge in [0, 0.05) is 46.9 Å². The first-order valence-corrected chi connectivity index (χ1v) is 15.0. The predicted octanol–water partition coefficient (Wildman–Crippen LogP) is 6.39. The van der Waals surface area contributed by atoms with Crippen LogP contribution in [0, 0.1) is 0 Å². The number of hydroxylamine groups is 4. The number of carbonyl (C=O) groups is 1. The molecule has 4 rings (SSSR count). The Bertz CT molecular complexity index is 1150. The van der Waals surface area contributed by atoms with Gasteiger partial charge in [0.25, 0.3) is 0 Å². The third kappa shape index (κ3) is 8.80. The molecule has 2 aliphatic heterocycles. The maximum atomic E-state index is 11.6. The molecule has 0 aliphatic carbocycles. The molecule has 0 amide bonds. The number of ether oxygens (including phenoxy) is 1. The zero-order chi connectivity index (χ0) is 31.2. The predicted molar refractivity (Wildman–Crippen MR) is 163 cm³/mol. The van der Waals surface area contributed by atoms with E-state index in [9.17, 15) is 4.79 Å². The lowest BCUT2D eigenvalue weighted by atomic mass is 9.82. The van der Waals surface area contributed by atoms with Gasteiger partial charge in [-0.1, -0.05) is 0 Å². The Hall–Kier alpha value is -2.43. The molecule has 9 nitrogen and oxygen atoms in total.